The van der Waals surface area contributed by atoms with Crippen LogP contribution in [0, 0.1) is 0 Å². The number of aliphatic hydroxyl groups excluding tert-OH is 1. The van der Waals surface area contributed by atoms with E-state index in [1.807, 2.05) is 5.38 Å². The molecule has 1 atom stereocenters. The van der Waals surface area contributed by atoms with Crippen LogP contribution >= 0.6 is 11.3 Å². The van der Waals surface area contributed by atoms with E-state index in [-0.39, 0.29) is 6.61 Å². The van der Waals surface area contributed by atoms with Gasteiger partial charge in [-0.1, -0.05) is 11.3 Å². The van der Waals surface area contributed by atoms with Crippen molar-refractivity contribution < 1.29 is 9.84 Å². The first kappa shape index (κ1) is 14.4. The van der Waals surface area contributed by atoms with E-state index in [0.717, 1.165) is 19.5 Å². The molecule has 5 nitrogen and oxygen atoms in total. The monoisotopic (exact) mass is 259 g/mol. The van der Waals surface area contributed by atoms with Crippen LogP contribution in [-0.4, -0.2) is 61.4 Å². The zero-order chi connectivity index (χ0) is 12.5. The Hall–Kier alpha value is -0.690. The summed E-state index contributed by atoms with van der Waals surface area (Å²) in [5.41, 5.74) is 0. The first-order chi connectivity index (χ1) is 8.18. The van der Waals surface area contributed by atoms with Crippen LogP contribution in [0.1, 0.15) is 6.42 Å². The maximum atomic E-state index is 9.64. The van der Waals surface area contributed by atoms with Gasteiger partial charge in [0.15, 0.2) is 0 Å². The minimum Gasteiger partial charge on any atom is -0.467 e. The van der Waals surface area contributed by atoms with Crippen LogP contribution in [0.2, 0.25) is 0 Å². The van der Waals surface area contributed by atoms with Crippen molar-refractivity contribution in [1.29, 1.82) is 0 Å². The van der Waals surface area contributed by atoms with Crippen molar-refractivity contribution in [3.8, 4) is 5.19 Å². The van der Waals surface area contributed by atoms with Crippen molar-refractivity contribution in [2.24, 2.45) is 0 Å². The van der Waals surface area contributed by atoms with Crippen LogP contribution in [-0.2, 0) is 0 Å². The van der Waals surface area contributed by atoms with Gasteiger partial charge in [-0.05, 0) is 33.6 Å². The molecule has 1 aromatic heterocycles. The Morgan fingerprint density at radius 3 is 3.06 bits per heavy atom. The highest BCUT2D eigenvalue weighted by molar-refractivity contribution is 7.11. The molecule has 0 radical (unpaired) electrons. The topological polar surface area (TPSA) is 57.6 Å². The van der Waals surface area contributed by atoms with Crippen LogP contribution in [0.5, 0.6) is 5.19 Å². The molecule has 1 unspecified atom stereocenters. The molecule has 0 fully saturated rings. The molecule has 1 heterocycles. The minimum absolute atomic E-state index is 0.286. The molecule has 98 valence electrons. The van der Waals surface area contributed by atoms with E-state index in [2.05, 4.69) is 29.3 Å². The molecule has 0 aliphatic heterocycles. The molecule has 0 aliphatic rings. The van der Waals surface area contributed by atoms with Gasteiger partial charge in [-0.2, -0.15) is 0 Å². The molecular weight excluding hydrogens is 238 g/mol. The predicted octanol–water partition coefficient (Wildman–Crippen LogP) is 0.424. The standard InChI is InChI=1S/C11H21N3O2S/c1-14(2)6-3-4-12-8-10(15)9-16-11-13-5-7-17-11/h5,7,10,12,15H,3-4,6,8-9H2,1-2H3. The summed E-state index contributed by atoms with van der Waals surface area (Å²) in [5.74, 6) is 0. The molecule has 0 saturated carbocycles. The molecule has 0 saturated heterocycles. The highest BCUT2D eigenvalue weighted by atomic mass is 32.1. The zero-order valence-electron chi connectivity index (χ0n) is 10.4. The van der Waals surface area contributed by atoms with Crippen LogP contribution in [0.4, 0.5) is 0 Å². The van der Waals surface area contributed by atoms with Gasteiger partial charge >= 0.3 is 0 Å². The van der Waals surface area contributed by atoms with E-state index in [1.54, 1.807) is 6.20 Å². The summed E-state index contributed by atoms with van der Waals surface area (Å²) in [4.78, 5) is 6.12. The lowest BCUT2D eigenvalue weighted by Gasteiger charge is -2.13. The molecule has 17 heavy (non-hydrogen) atoms. The number of nitrogens with one attached hydrogen (secondary N) is 1. The number of hydrogen-bond acceptors (Lipinski definition) is 6. The number of aliphatic hydroxyl groups is 1. The summed E-state index contributed by atoms with van der Waals surface area (Å²) in [6.07, 6.45) is 2.28. The van der Waals surface area contributed by atoms with Gasteiger partial charge in [0.25, 0.3) is 5.19 Å². The molecule has 2 N–H and O–H groups in total. The fraction of sp³-hybridized carbons (Fsp3) is 0.727. The Morgan fingerprint density at radius 1 is 1.59 bits per heavy atom. The number of thiazole rings is 1. The fourth-order valence-corrected chi connectivity index (χ4v) is 1.79. The molecule has 0 bridgehead atoms. The van der Waals surface area contributed by atoms with E-state index >= 15 is 0 Å². The average Bonchev–Trinajstić information content (AvgIpc) is 2.78. The van der Waals surface area contributed by atoms with Gasteiger partial charge in [-0.15, -0.1) is 0 Å². The minimum atomic E-state index is -0.488. The summed E-state index contributed by atoms with van der Waals surface area (Å²) in [5, 5.41) is 15.3. The highest BCUT2D eigenvalue weighted by Crippen LogP contribution is 2.13. The van der Waals surface area contributed by atoms with E-state index in [0.29, 0.717) is 11.7 Å². The van der Waals surface area contributed by atoms with Gasteiger partial charge < -0.3 is 20.1 Å². The van der Waals surface area contributed by atoms with Crippen molar-refractivity contribution in [3.63, 3.8) is 0 Å². The van der Waals surface area contributed by atoms with Crippen LogP contribution < -0.4 is 10.1 Å². The van der Waals surface area contributed by atoms with Crippen molar-refractivity contribution in [3.05, 3.63) is 11.6 Å². The Kier molecular flexibility index (Phi) is 7.11. The molecule has 6 heteroatoms. The Morgan fingerprint density at radius 2 is 2.41 bits per heavy atom. The van der Waals surface area contributed by atoms with Gasteiger partial charge in [-0.3, -0.25) is 0 Å². The summed E-state index contributed by atoms with van der Waals surface area (Å²) in [6.45, 7) is 2.80. The van der Waals surface area contributed by atoms with Crippen LogP contribution in [0.3, 0.4) is 0 Å². The molecule has 0 aromatic carbocycles. The lowest BCUT2D eigenvalue weighted by molar-refractivity contribution is 0.106. The van der Waals surface area contributed by atoms with Gasteiger partial charge in [0.2, 0.25) is 0 Å². The maximum absolute atomic E-state index is 9.64. The molecular formula is C11H21N3O2S. The normalized spacial score (nSPS) is 12.9. The second-order valence-corrected chi connectivity index (χ2v) is 4.98. The average molecular weight is 259 g/mol. The van der Waals surface area contributed by atoms with Crippen molar-refractivity contribution in [2.45, 2.75) is 12.5 Å². The highest BCUT2D eigenvalue weighted by Gasteiger charge is 2.05. The third-order valence-electron chi connectivity index (χ3n) is 2.15. The number of rotatable bonds is 9. The van der Waals surface area contributed by atoms with Gasteiger partial charge in [0.05, 0.1) is 0 Å². The fourth-order valence-electron chi connectivity index (χ4n) is 1.30. The molecule has 0 spiro atoms. The Labute approximate surface area is 106 Å². The summed E-state index contributed by atoms with van der Waals surface area (Å²) >= 11 is 1.43. The zero-order valence-corrected chi connectivity index (χ0v) is 11.2. The van der Waals surface area contributed by atoms with Gasteiger partial charge in [-0.25, -0.2) is 4.98 Å². The maximum Gasteiger partial charge on any atom is 0.273 e. The third-order valence-corrected chi connectivity index (χ3v) is 2.83. The lowest BCUT2D eigenvalue weighted by Crippen LogP contribution is -2.32. The smallest absolute Gasteiger partial charge is 0.273 e. The summed E-state index contributed by atoms with van der Waals surface area (Å²) in [6, 6.07) is 0. The summed E-state index contributed by atoms with van der Waals surface area (Å²) in [7, 11) is 4.10. The van der Waals surface area contributed by atoms with Crippen LogP contribution in [0.25, 0.3) is 0 Å². The van der Waals surface area contributed by atoms with E-state index in [4.69, 9.17) is 4.74 Å². The first-order valence-electron chi connectivity index (χ1n) is 5.74. The number of ether oxygens (including phenoxy) is 1. The van der Waals surface area contributed by atoms with Crippen molar-refractivity contribution in [2.75, 3.05) is 40.3 Å². The van der Waals surface area contributed by atoms with Gasteiger partial charge in [0, 0.05) is 18.1 Å². The van der Waals surface area contributed by atoms with Crippen molar-refractivity contribution in [1.82, 2.24) is 15.2 Å². The second kappa shape index (κ2) is 8.41. The van der Waals surface area contributed by atoms with E-state index < -0.39 is 6.10 Å². The van der Waals surface area contributed by atoms with Crippen LogP contribution in [0.15, 0.2) is 11.6 Å². The molecule has 0 aliphatic carbocycles. The lowest BCUT2D eigenvalue weighted by atomic mass is 10.3. The Balaban J connectivity index is 1.96. The third kappa shape index (κ3) is 7.27. The number of nitrogens with zero attached hydrogens (tertiary/aromatic N) is 2. The molecule has 1 aromatic rings. The Bertz CT molecular complexity index is 280. The SMILES string of the molecule is CN(C)CCCNCC(O)COc1nccs1. The van der Waals surface area contributed by atoms with E-state index in [1.165, 1.54) is 11.3 Å². The molecule has 0 amide bonds. The number of hydrogen-bond donors (Lipinski definition) is 2. The number of aromatic nitrogens is 1. The largest absolute Gasteiger partial charge is 0.467 e. The first-order valence-corrected chi connectivity index (χ1v) is 6.62. The molecule has 1 rings (SSSR count). The van der Waals surface area contributed by atoms with Gasteiger partial charge in [0.1, 0.15) is 12.7 Å². The van der Waals surface area contributed by atoms with E-state index in [9.17, 15) is 5.11 Å². The quantitative estimate of drug-likeness (QED) is 0.630. The summed E-state index contributed by atoms with van der Waals surface area (Å²) < 4.78 is 5.31. The predicted molar refractivity (Wildman–Crippen MR) is 69.7 cm³/mol. The second-order valence-electron chi connectivity index (χ2n) is 4.12. The van der Waals surface area contributed by atoms with Crippen molar-refractivity contribution >= 4 is 11.3 Å².